The monoisotopic (exact) mass is 311 g/mol. The minimum atomic E-state index is -2.84. The van der Waals surface area contributed by atoms with Crippen LogP contribution in [0.2, 0.25) is 0 Å². The van der Waals surface area contributed by atoms with E-state index in [1.807, 2.05) is 0 Å². The summed E-state index contributed by atoms with van der Waals surface area (Å²) in [5.74, 6) is -1.82. The van der Waals surface area contributed by atoms with E-state index in [-0.39, 0.29) is 17.9 Å². The smallest absolute Gasteiger partial charge is 0.325 e. The van der Waals surface area contributed by atoms with E-state index in [2.05, 4.69) is 24.7 Å². The molecule has 0 atom stereocenters. The first-order valence-corrected chi connectivity index (χ1v) is 6.08. The molecule has 1 heterocycles. The van der Waals surface area contributed by atoms with Gasteiger partial charge >= 0.3 is 12.4 Å². The lowest BCUT2D eigenvalue weighted by Gasteiger charge is -2.04. The Balaban J connectivity index is 2.06. The van der Waals surface area contributed by atoms with E-state index in [0.29, 0.717) is 5.56 Å². The average molecular weight is 311 g/mol. The Morgan fingerprint density at radius 3 is 2.55 bits per heavy atom. The molecule has 116 valence electrons. The number of nitrogens with zero attached hydrogens (tertiary/aromatic N) is 2. The lowest BCUT2D eigenvalue weighted by atomic mass is 10.1. The molecule has 0 spiro atoms. The van der Waals surface area contributed by atoms with Gasteiger partial charge in [0.25, 0.3) is 11.8 Å². The fourth-order valence-electron chi connectivity index (χ4n) is 1.54. The summed E-state index contributed by atoms with van der Waals surface area (Å²) in [6.45, 7) is -0.250. The molecule has 0 saturated heterocycles. The van der Waals surface area contributed by atoms with Gasteiger partial charge in [-0.2, -0.15) is 13.8 Å². The van der Waals surface area contributed by atoms with Gasteiger partial charge in [-0.05, 0) is 12.1 Å². The largest absolute Gasteiger partial charge is 0.468 e. The zero-order valence-corrected chi connectivity index (χ0v) is 11.4. The number of carbonyl (C=O) groups excluding carboxylic acids is 2. The number of carbonyl (C=O) groups is 2. The molecular weight excluding hydrogens is 300 g/mol. The number of amides is 1. The van der Waals surface area contributed by atoms with Crippen molar-refractivity contribution in [3.05, 3.63) is 35.7 Å². The Kier molecular flexibility index (Phi) is 4.77. The molecule has 0 saturated carbocycles. The quantitative estimate of drug-likeness (QED) is 0.842. The van der Waals surface area contributed by atoms with Crippen molar-refractivity contribution >= 4 is 11.9 Å². The van der Waals surface area contributed by atoms with Gasteiger partial charge in [-0.3, -0.25) is 9.59 Å². The van der Waals surface area contributed by atoms with E-state index in [9.17, 15) is 18.4 Å². The van der Waals surface area contributed by atoms with Crippen LogP contribution >= 0.6 is 0 Å². The van der Waals surface area contributed by atoms with Gasteiger partial charge in [-0.1, -0.05) is 17.3 Å². The van der Waals surface area contributed by atoms with Crippen molar-refractivity contribution in [2.45, 2.75) is 6.43 Å². The van der Waals surface area contributed by atoms with Gasteiger partial charge in [-0.25, -0.2) is 0 Å². The molecule has 9 heteroatoms. The highest BCUT2D eigenvalue weighted by atomic mass is 19.3. The maximum atomic E-state index is 12.4. The van der Waals surface area contributed by atoms with E-state index in [0.717, 1.165) is 0 Å². The predicted octanol–water partition coefficient (Wildman–Crippen LogP) is 1.58. The summed E-state index contributed by atoms with van der Waals surface area (Å²) >= 11 is 0. The first-order chi connectivity index (χ1) is 10.5. The third-order valence-corrected chi connectivity index (χ3v) is 2.65. The summed E-state index contributed by atoms with van der Waals surface area (Å²) in [6.07, 6.45) is -2.84. The first kappa shape index (κ1) is 15.5. The number of esters is 1. The molecule has 1 aromatic carbocycles. The second-order valence-corrected chi connectivity index (χ2v) is 4.09. The van der Waals surface area contributed by atoms with E-state index in [1.54, 1.807) is 0 Å². The molecule has 1 N–H and O–H groups in total. The molecule has 0 bridgehead atoms. The molecular formula is C13H11F2N3O4. The van der Waals surface area contributed by atoms with Crippen LogP contribution < -0.4 is 5.32 Å². The van der Waals surface area contributed by atoms with Crippen LogP contribution in [0.5, 0.6) is 0 Å². The molecule has 2 rings (SSSR count). The number of hydrogen-bond acceptors (Lipinski definition) is 6. The van der Waals surface area contributed by atoms with Gasteiger partial charge < -0.3 is 14.6 Å². The highest BCUT2D eigenvalue weighted by Crippen LogP contribution is 2.21. The molecule has 1 aromatic heterocycles. The molecule has 0 unspecified atom stereocenters. The van der Waals surface area contributed by atoms with Gasteiger partial charge in [0.15, 0.2) is 0 Å². The van der Waals surface area contributed by atoms with Crippen molar-refractivity contribution in [2.24, 2.45) is 0 Å². The zero-order valence-electron chi connectivity index (χ0n) is 11.4. The van der Waals surface area contributed by atoms with Crippen LogP contribution in [0.15, 0.2) is 28.8 Å². The van der Waals surface area contributed by atoms with Crippen molar-refractivity contribution < 1.29 is 27.6 Å². The number of methoxy groups -OCH3 is 1. The minimum absolute atomic E-state index is 0.00295. The van der Waals surface area contributed by atoms with E-state index in [4.69, 9.17) is 0 Å². The summed E-state index contributed by atoms with van der Waals surface area (Å²) in [6, 6.07) is 5.85. The Morgan fingerprint density at radius 1 is 1.32 bits per heavy atom. The molecule has 0 aliphatic rings. The molecule has 2 aromatic rings. The fraction of sp³-hybridized carbons (Fsp3) is 0.231. The highest BCUT2D eigenvalue weighted by molar-refractivity contribution is 5.96. The summed E-state index contributed by atoms with van der Waals surface area (Å²) in [4.78, 5) is 26.2. The molecule has 1 amide bonds. The number of aromatic nitrogens is 2. The second kappa shape index (κ2) is 6.74. The molecule has 0 aliphatic carbocycles. The molecule has 0 fully saturated rings. The lowest BCUT2D eigenvalue weighted by molar-refractivity contribution is -0.139. The van der Waals surface area contributed by atoms with Crippen molar-refractivity contribution in [3.8, 4) is 11.4 Å². The van der Waals surface area contributed by atoms with Crippen LogP contribution in [0.1, 0.15) is 22.7 Å². The zero-order chi connectivity index (χ0) is 16.1. The number of benzene rings is 1. The number of hydrogen-bond donors (Lipinski definition) is 1. The van der Waals surface area contributed by atoms with Crippen LogP contribution in [0.3, 0.4) is 0 Å². The van der Waals surface area contributed by atoms with Crippen LogP contribution in [-0.4, -0.2) is 35.7 Å². The normalized spacial score (nSPS) is 10.5. The van der Waals surface area contributed by atoms with E-state index >= 15 is 0 Å². The van der Waals surface area contributed by atoms with Crippen LogP contribution in [-0.2, 0) is 9.53 Å². The molecule has 7 nitrogen and oxygen atoms in total. The molecule has 0 radical (unpaired) electrons. The maximum absolute atomic E-state index is 12.4. The summed E-state index contributed by atoms with van der Waals surface area (Å²) in [5.41, 5.74) is 0.699. The standard InChI is InChI=1S/C13H11F2N3O4/c1-21-9(19)6-16-12(20)8-4-2-7(3-5-8)11-17-13(10(14)15)22-18-11/h2-5,10H,6H2,1H3,(H,16,20). The van der Waals surface area contributed by atoms with Gasteiger partial charge in [0.1, 0.15) is 6.54 Å². The molecule has 22 heavy (non-hydrogen) atoms. The Labute approximate surface area is 123 Å². The van der Waals surface area contributed by atoms with Crippen LogP contribution in [0, 0.1) is 0 Å². The topological polar surface area (TPSA) is 94.3 Å². The third-order valence-electron chi connectivity index (χ3n) is 2.65. The molecule has 0 aliphatic heterocycles. The number of rotatable bonds is 5. The van der Waals surface area contributed by atoms with Gasteiger partial charge in [0, 0.05) is 11.1 Å². The summed E-state index contributed by atoms with van der Waals surface area (Å²) in [5, 5.41) is 5.79. The maximum Gasteiger partial charge on any atom is 0.325 e. The van der Waals surface area contributed by atoms with Gasteiger partial charge in [0.05, 0.1) is 7.11 Å². The predicted molar refractivity (Wildman–Crippen MR) is 69.0 cm³/mol. The van der Waals surface area contributed by atoms with Crippen LogP contribution in [0.4, 0.5) is 8.78 Å². The van der Waals surface area contributed by atoms with E-state index < -0.39 is 24.2 Å². The fourth-order valence-corrected chi connectivity index (χ4v) is 1.54. The highest BCUT2D eigenvalue weighted by Gasteiger charge is 2.17. The summed E-state index contributed by atoms with van der Waals surface area (Å²) < 4.78 is 33.5. The van der Waals surface area contributed by atoms with Crippen molar-refractivity contribution in [3.63, 3.8) is 0 Å². The third kappa shape index (κ3) is 3.62. The first-order valence-electron chi connectivity index (χ1n) is 6.08. The Hall–Kier alpha value is -2.84. The number of alkyl halides is 2. The lowest BCUT2D eigenvalue weighted by Crippen LogP contribution is -2.30. The van der Waals surface area contributed by atoms with E-state index in [1.165, 1.54) is 31.4 Å². The van der Waals surface area contributed by atoms with Crippen molar-refractivity contribution in [2.75, 3.05) is 13.7 Å². The van der Waals surface area contributed by atoms with Crippen LogP contribution in [0.25, 0.3) is 11.4 Å². The van der Waals surface area contributed by atoms with Gasteiger partial charge in [0.2, 0.25) is 5.82 Å². The SMILES string of the molecule is COC(=O)CNC(=O)c1ccc(-c2noc(C(F)F)n2)cc1. The summed E-state index contributed by atoms with van der Waals surface area (Å²) in [7, 11) is 1.21. The second-order valence-electron chi connectivity index (χ2n) is 4.09. The minimum Gasteiger partial charge on any atom is -0.468 e. The number of halogens is 2. The van der Waals surface area contributed by atoms with Crippen molar-refractivity contribution in [1.29, 1.82) is 0 Å². The average Bonchev–Trinajstić information content (AvgIpc) is 3.02. The Bertz CT molecular complexity index is 670. The number of nitrogens with one attached hydrogen (secondary N) is 1. The van der Waals surface area contributed by atoms with Gasteiger partial charge in [-0.15, -0.1) is 0 Å². The number of ether oxygens (including phenoxy) is 1. The Morgan fingerprint density at radius 2 is 2.00 bits per heavy atom. The van der Waals surface area contributed by atoms with Crippen molar-refractivity contribution in [1.82, 2.24) is 15.5 Å².